The van der Waals surface area contributed by atoms with Crippen LogP contribution in [0.5, 0.6) is 0 Å². The molecule has 0 heterocycles. The predicted octanol–water partition coefficient (Wildman–Crippen LogP) is 2.02. The number of hydrogen-bond donors (Lipinski definition) is 1. The van der Waals surface area contributed by atoms with Crippen molar-refractivity contribution in [2.75, 3.05) is 0 Å². The van der Waals surface area contributed by atoms with Gasteiger partial charge in [0.15, 0.2) is 0 Å². The van der Waals surface area contributed by atoms with Crippen LogP contribution in [0.15, 0.2) is 59.8 Å². The second kappa shape index (κ2) is 5.10. The lowest BCUT2D eigenvalue weighted by Gasteiger charge is -2.09. The molecule has 1 amide bonds. The number of hydrogen-bond acceptors (Lipinski definition) is 2. The summed E-state index contributed by atoms with van der Waals surface area (Å²) in [5.41, 5.74) is 1.74. The highest BCUT2D eigenvalue weighted by Crippen LogP contribution is 2.12. The molecule has 0 radical (unpaired) electrons. The number of nitrogens with one attached hydrogen (secondary N) is 1. The van der Waals surface area contributed by atoms with Crippen molar-refractivity contribution in [1.82, 2.24) is 5.32 Å². The number of carbonyl (C=O) groups is 1. The van der Waals surface area contributed by atoms with Crippen LogP contribution in [0.25, 0.3) is 0 Å². The smallest absolute Gasteiger partial charge is 0.255 e. The summed E-state index contributed by atoms with van der Waals surface area (Å²) in [5, 5.41) is 2.74. The molecule has 2 rings (SSSR count). The van der Waals surface area contributed by atoms with Crippen molar-refractivity contribution in [2.45, 2.75) is 6.42 Å². The van der Waals surface area contributed by atoms with Crippen LogP contribution in [0.2, 0.25) is 0 Å². The molecule has 84 valence electrons. The zero-order valence-corrected chi connectivity index (χ0v) is 9.14. The molecule has 0 aromatic heterocycles. The first-order chi connectivity index (χ1) is 8.29. The number of carbonyl (C=O) groups excluding carboxylic acids is 2. The molecule has 0 bridgehead atoms. The Hall–Kier alpha value is -2.38. The van der Waals surface area contributed by atoms with Crippen molar-refractivity contribution in [3.63, 3.8) is 0 Å². The first kappa shape index (κ1) is 11.1. The highest BCUT2D eigenvalue weighted by Gasteiger charge is 2.08. The lowest BCUT2D eigenvalue weighted by atomic mass is 10.1. The van der Waals surface area contributed by atoms with Crippen molar-refractivity contribution in [3.8, 4) is 0 Å². The van der Waals surface area contributed by atoms with Crippen LogP contribution >= 0.6 is 0 Å². The van der Waals surface area contributed by atoms with E-state index in [2.05, 4.69) is 5.32 Å². The van der Waals surface area contributed by atoms with Crippen LogP contribution in [0.1, 0.15) is 16.8 Å². The van der Waals surface area contributed by atoms with Gasteiger partial charge < -0.3 is 5.32 Å². The minimum absolute atomic E-state index is 0.186. The number of rotatable bonds is 2. The van der Waals surface area contributed by atoms with Gasteiger partial charge in [0.2, 0.25) is 0 Å². The van der Waals surface area contributed by atoms with Crippen LogP contribution in [-0.4, -0.2) is 11.8 Å². The maximum Gasteiger partial charge on any atom is 0.255 e. The summed E-state index contributed by atoms with van der Waals surface area (Å²) in [5.74, 6) is 1.65. The van der Waals surface area contributed by atoms with Gasteiger partial charge in [0.1, 0.15) is 5.94 Å². The molecule has 0 atom stereocenters. The normalized spacial score (nSPS) is 13.9. The molecule has 0 unspecified atom stereocenters. The Balaban J connectivity index is 2.12. The van der Waals surface area contributed by atoms with E-state index in [1.807, 2.05) is 18.1 Å². The Bertz CT molecular complexity index is 535. The van der Waals surface area contributed by atoms with Gasteiger partial charge in [0, 0.05) is 23.3 Å². The quantitative estimate of drug-likeness (QED) is 0.783. The molecular weight excluding hydrogens is 214 g/mol. The van der Waals surface area contributed by atoms with Gasteiger partial charge in [-0.15, -0.1) is 0 Å². The summed E-state index contributed by atoms with van der Waals surface area (Å²) in [6.07, 6.45) is 5.80. The van der Waals surface area contributed by atoms with Gasteiger partial charge in [-0.3, -0.25) is 4.79 Å². The molecule has 3 heteroatoms. The molecule has 0 fully saturated rings. The number of allylic oxidation sites excluding steroid dienone is 4. The Labute approximate surface area is 99.1 Å². The largest absolute Gasteiger partial charge is 0.322 e. The highest BCUT2D eigenvalue weighted by molar-refractivity contribution is 5.95. The Kier molecular flexibility index (Phi) is 3.34. The molecule has 0 saturated heterocycles. The van der Waals surface area contributed by atoms with Crippen LogP contribution in [-0.2, 0) is 4.79 Å². The second-order valence-corrected chi connectivity index (χ2v) is 3.65. The van der Waals surface area contributed by atoms with E-state index in [9.17, 15) is 9.59 Å². The third kappa shape index (κ3) is 2.80. The minimum atomic E-state index is -0.186. The lowest BCUT2D eigenvalue weighted by Crippen LogP contribution is -2.22. The predicted molar refractivity (Wildman–Crippen MR) is 65.0 cm³/mol. The van der Waals surface area contributed by atoms with Crippen LogP contribution in [0.3, 0.4) is 0 Å². The average molecular weight is 225 g/mol. The van der Waals surface area contributed by atoms with Crippen molar-refractivity contribution >= 4 is 11.8 Å². The Morgan fingerprint density at radius 3 is 2.71 bits per heavy atom. The summed E-state index contributed by atoms with van der Waals surface area (Å²) in [4.78, 5) is 22.3. The van der Waals surface area contributed by atoms with Crippen LogP contribution < -0.4 is 5.32 Å². The van der Waals surface area contributed by atoms with Crippen molar-refractivity contribution in [2.24, 2.45) is 0 Å². The first-order valence-electron chi connectivity index (χ1n) is 5.28. The maximum absolute atomic E-state index is 11.8. The molecule has 1 aromatic rings. The van der Waals surface area contributed by atoms with Gasteiger partial charge in [-0.2, -0.15) is 0 Å². The molecule has 1 aromatic carbocycles. The van der Waals surface area contributed by atoms with Crippen LogP contribution in [0, 0.1) is 0 Å². The third-order valence-corrected chi connectivity index (χ3v) is 2.39. The van der Waals surface area contributed by atoms with Gasteiger partial charge >= 0.3 is 0 Å². The molecular formula is C14H11NO2. The summed E-state index contributed by atoms with van der Waals surface area (Å²) in [6, 6.07) is 8.93. The molecule has 17 heavy (non-hydrogen) atoms. The van der Waals surface area contributed by atoms with Crippen molar-refractivity contribution in [3.05, 3.63) is 65.4 Å². The maximum atomic E-state index is 11.8. The van der Waals surface area contributed by atoms with Crippen LogP contribution in [0.4, 0.5) is 0 Å². The van der Waals surface area contributed by atoms with E-state index < -0.39 is 0 Å². The zero-order chi connectivity index (χ0) is 12.1. The van der Waals surface area contributed by atoms with E-state index in [0.29, 0.717) is 23.3 Å². The second-order valence-electron chi connectivity index (χ2n) is 3.65. The van der Waals surface area contributed by atoms with Crippen molar-refractivity contribution < 1.29 is 9.59 Å². The monoisotopic (exact) mass is 225 g/mol. The zero-order valence-electron chi connectivity index (χ0n) is 9.14. The molecule has 3 nitrogen and oxygen atoms in total. The fraction of sp³-hybridized carbons (Fsp3) is 0.0714. The minimum Gasteiger partial charge on any atom is -0.322 e. The molecule has 0 spiro atoms. The standard InChI is InChI=1S/C14H11NO2/c16-10-11-5-4-8-13(9-11)15-14(17)12-6-2-1-3-7-12/h1-4,6-9H,5H2,(H,15,17). The third-order valence-electron chi connectivity index (χ3n) is 2.39. The summed E-state index contributed by atoms with van der Waals surface area (Å²) < 4.78 is 0. The van der Waals surface area contributed by atoms with Gasteiger partial charge in [0.05, 0.1) is 0 Å². The fourth-order valence-electron chi connectivity index (χ4n) is 1.55. The average Bonchev–Trinajstić information content (AvgIpc) is 2.40. The van der Waals surface area contributed by atoms with Gasteiger partial charge in [-0.25, -0.2) is 4.79 Å². The Morgan fingerprint density at radius 1 is 1.24 bits per heavy atom. The molecule has 0 aliphatic heterocycles. The van der Waals surface area contributed by atoms with Gasteiger partial charge in [-0.1, -0.05) is 24.3 Å². The molecule has 1 aliphatic carbocycles. The fourth-order valence-corrected chi connectivity index (χ4v) is 1.55. The van der Waals surface area contributed by atoms with E-state index in [1.165, 1.54) is 0 Å². The highest BCUT2D eigenvalue weighted by atomic mass is 16.1. The Morgan fingerprint density at radius 2 is 2.00 bits per heavy atom. The topological polar surface area (TPSA) is 46.2 Å². The summed E-state index contributed by atoms with van der Waals surface area (Å²) in [6.45, 7) is 0. The molecule has 1 aliphatic rings. The van der Waals surface area contributed by atoms with E-state index in [1.54, 1.807) is 36.4 Å². The molecule has 0 saturated carbocycles. The number of amides is 1. The SMILES string of the molecule is O=C=C1C=C(NC(=O)c2ccccc2)C=CC1. The van der Waals surface area contributed by atoms with E-state index in [-0.39, 0.29) is 5.91 Å². The summed E-state index contributed by atoms with van der Waals surface area (Å²) >= 11 is 0. The van der Waals surface area contributed by atoms with Gasteiger partial charge in [-0.05, 0) is 24.3 Å². The van der Waals surface area contributed by atoms with E-state index >= 15 is 0 Å². The van der Waals surface area contributed by atoms with E-state index in [0.717, 1.165) is 0 Å². The first-order valence-corrected chi connectivity index (χ1v) is 5.28. The molecule has 1 N–H and O–H groups in total. The van der Waals surface area contributed by atoms with E-state index in [4.69, 9.17) is 0 Å². The summed E-state index contributed by atoms with van der Waals surface area (Å²) in [7, 11) is 0. The van der Waals surface area contributed by atoms with Gasteiger partial charge in [0.25, 0.3) is 5.91 Å². The lowest BCUT2D eigenvalue weighted by molar-refractivity contribution is 0.0967. The van der Waals surface area contributed by atoms with Crippen molar-refractivity contribution in [1.29, 1.82) is 0 Å². The number of benzene rings is 1.